The normalized spacial score (nSPS) is 12.5. The van der Waals surface area contributed by atoms with Crippen LogP contribution in [0, 0.1) is 0 Å². The predicted octanol–water partition coefficient (Wildman–Crippen LogP) is 0.0282. The molecule has 4 nitrogen and oxygen atoms in total. The van der Waals surface area contributed by atoms with E-state index in [4.69, 9.17) is 5.11 Å². The van der Waals surface area contributed by atoms with Gasteiger partial charge in [0.05, 0.1) is 12.6 Å². The van der Waals surface area contributed by atoms with Gasteiger partial charge in [-0.15, -0.1) is 0 Å². The topological polar surface area (TPSA) is 66.4 Å². The number of aliphatic carboxylic acids is 1. The number of Topliss-reactive ketones (excluding diaryl/α,β-unsaturated/α-hetero) is 1. The number of rotatable bonds is 5. The summed E-state index contributed by atoms with van der Waals surface area (Å²) in [5.74, 6) is -0.960. The zero-order valence-corrected chi connectivity index (χ0v) is 6.76. The van der Waals surface area contributed by atoms with Crippen LogP contribution >= 0.6 is 0 Å². The summed E-state index contributed by atoms with van der Waals surface area (Å²) in [7, 11) is 0. The lowest BCUT2D eigenvalue weighted by Gasteiger charge is -2.10. The van der Waals surface area contributed by atoms with Crippen molar-refractivity contribution >= 4 is 11.8 Å². The fourth-order valence-corrected chi connectivity index (χ4v) is 0.786. The Hall–Kier alpha value is -0.900. The lowest BCUT2D eigenvalue weighted by Crippen LogP contribution is -2.37. The molecule has 0 saturated heterocycles. The van der Waals surface area contributed by atoms with Crippen LogP contribution in [-0.4, -0.2) is 29.4 Å². The number of carboxylic acid groups (broad SMARTS) is 1. The van der Waals surface area contributed by atoms with Crippen LogP contribution in [0.5, 0.6) is 0 Å². The summed E-state index contributed by atoms with van der Waals surface area (Å²) in [6, 6.07) is -0.314. The van der Waals surface area contributed by atoms with Gasteiger partial charge < -0.3 is 5.11 Å². The highest BCUT2D eigenvalue weighted by Crippen LogP contribution is 1.90. The Morgan fingerprint density at radius 3 is 2.36 bits per heavy atom. The molecule has 0 aromatic carbocycles. The maximum Gasteiger partial charge on any atom is 0.317 e. The third-order valence-corrected chi connectivity index (χ3v) is 1.40. The standard InChI is InChI=1S/C7H13NO3/c1-3-6(5(2)9)8-4-7(10)11/h6,8H,3-4H2,1-2H3,(H,10,11). The van der Waals surface area contributed by atoms with Gasteiger partial charge in [0.15, 0.2) is 0 Å². The molecule has 11 heavy (non-hydrogen) atoms. The van der Waals surface area contributed by atoms with Crippen molar-refractivity contribution < 1.29 is 14.7 Å². The molecule has 0 aliphatic carbocycles. The van der Waals surface area contributed by atoms with Crippen molar-refractivity contribution in [1.29, 1.82) is 0 Å². The minimum absolute atomic E-state index is 0.0197. The number of carbonyl (C=O) groups is 2. The van der Waals surface area contributed by atoms with E-state index >= 15 is 0 Å². The second-order valence-corrected chi connectivity index (χ2v) is 2.35. The summed E-state index contributed by atoms with van der Waals surface area (Å²) in [6.07, 6.45) is 0.628. The molecule has 0 aromatic heterocycles. The van der Waals surface area contributed by atoms with Crippen LogP contribution in [0.15, 0.2) is 0 Å². The highest BCUT2D eigenvalue weighted by atomic mass is 16.4. The van der Waals surface area contributed by atoms with E-state index < -0.39 is 5.97 Å². The summed E-state index contributed by atoms with van der Waals surface area (Å²) in [5.41, 5.74) is 0. The SMILES string of the molecule is CCC(NCC(=O)O)C(C)=O. The van der Waals surface area contributed by atoms with Crippen LogP contribution in [0.1, 0.15) is 20.3 Å². The number of hydrogen-bond donors (Lipinski definition) is 2. The Morgan fingerprint density at radius 1 is 1.55 bits per heavy atom. The molecule has 0 radical (unpaired) electrons. The minimum Gasteiger partial charge on any atom is -0.480 e. The van der Waals surface area contributed by atoms with Crippen molar-refractivity contribution in [2.24, 2.45) is 0 Å². The smallest absolute Gasteiger partial charge is 0.317 e. The second-order valence-electron chi connectivity index (χ2n) is 2.35. The van der Waals surface area contributed by atoms with Crippen LogP contribution in [-0.2, 0) is 9.59 Å². The molecule has 0 aliphatic heterocycles. The van der Waals surface area contributed by atoms with Crippen molar-refractivity contribution in [3.8, 4) is 0 Å². The number of carboxylic acids is 1. The Morgan fingerprint density at radius 2 is 2.09 bits per heavy atom. The molecule has 0 spiro atoms. The number of ketones is 1. The van der Waals surface area contributed by atoms with Gasteiger partial charge in [0.25, 0.3) is 0 Å². The van der Waals surface area contributed by atoms with Crippen LogP contribution in [0.4, 0.5) is 0 Å². The van der Waals surface area contributed by atoms with E-state index in [0.717, 1.165) is 0 Å². The van der Waals surface area contributed by atoms with Crippen LogP contribution < -0.4 is 5.32 Å². The largest absolute Gasteiger partial charge is 0.480 e. The Kier molecular flexibility index (Phi) is 4.45. The maximum atomic E-state index is 10.7. The summed E-state index contributed by atoms with van der Waals surface area (Å²) in [5, 5.41) is 10.9. The molecule has 1 atom stereocenters. The Bertz CT molecular complexity index is 156. The average Bonchev–Trinajstić information content (AvgIpc) is 1.87. The zero-order chi connectivity index (χ0) is 8.85. The molecule has 4 heteroatoms. The van der Waals surface area contributed by atoms with Gasteiger partial charge in [0.2, 0.25) is 0 Å². The van der Waals surface area contributed by atoms with Gasteiger partial charge in [-0.2, -0.15) is 0 Å². The van der Waals surface area contributed by atoms with E-state index in [1.807, 2.05) is 6.92 Å². The van der Waals surface area contributed by atoms with E-state index in [2.05, 4.69) is 5.32 Å². The van der Waals surface area contributed by atoms with Gasteiger partial charge >= 0.3 is 5.97 Å². The first-order chi connectivity index (χ1) is 5.07. The fourth-order valence-electron chi connectivity index (χ4n) is 0.786. The van der Waals surface area contributed by atoms with Gasteiger partial charge in [-0.1, -0.05) is 6.92 Å². The maximum absolute atomic E-state index is 10.7. The second kappa shape index (κ2) is 4.85. The summed E-state index contributed by atoms with van der Waals surface area (Å²) >= 11 is 0. The highest BCUT2D eigenvalue weighted by Gasteiger charge is 2.11. The molecule has 0 fully saturated rings. The number of hydrogen-bond acceptors (Lipinski definition) is 3. The van der Waals surface area contributed by atoms with Crippen molar-refractivity contribution in [2.75, 3.05) is 6.54 Å². The van der Waals surface area contributed by atoms with Gasteiger partial charge in [-0.25, -0.2) is 0 Å². The molecular weight excluding hydrogens is 146 g/mol. The van der Waals surface area contributed by atoms with E-state index in [-0.39, 0.29) is 18.4 Å². The molecule has 0 bridgehead atoms. The lowest BCUT2D eigenvalue weighted by molar-refractivity contribution is -0.136. The number of carbonyl (C=O) groups excluding carboxylic acids is 1. The predicted molar refractivity (Wildman–Crippen MR) is 40.4 cm³/mol. The summed E-state index contributed by atoms with van der Waals surface area (Å²) in [6.45, 7) is 3.13. The third kappa shape index (κ3) is 4.50. The van der Waals surface area contributed by atoms with E-state index in [9.17, 15) is 9.59 Å². The van der Waals surface area contributed by atoms with Crippen LogP contribution in [0.2, 0.25) is 0 Å². The van der Waals surface area contributed by atoms with E-state index in [0.29, 0.717) is 6.42 Å². The third-order valence-electron chi connectivity index (χ3n) is 1.40. The molecule has 1 unspecified atom stereocenters. The molecule has 64 valence electrons. The molecule has 0 amide bonds. The van der Waals surface area contributed by atoms with E-state index in [1.54, 1.807) is 0 Å². The molecule has 2 N–H and O–H groups in total. The molecule has 0 aromatic rings. The average molecular weight is 159 g/mol. The first-order valence-electron chi connectivity index (χ1n) is 3.53. The summed E-state index contributed by atoms with van der Waals surface area (Å²) < 4.78 is 0. The molecular formula is C7H13NO3. The van der Waals surface area contributed by atoms with Gasteiger partial charge in [-0.05, 0) is 13.3 Å². The zero-order valence-electron chi connectivity index (χ0n) is 6.76. The first-order valence-corrected chi connectivity index (χ1v) is 3.53. The monoisotopic (exact) mass is 159 g/mol. The van der Waals surface area contributed by atoms with Crippen LogP contribution in [0.25, 0.3) is 0 Å². The van der Waals surface area contributed by atoms with Crippen molar-refractivity contribution in [3.63, 3.8) is 0 Å². The number of nitrogens with one attached hydrogen (secondary N) is 1. The lowest BCUT2D eigenvalue weighted by atomic mass is 10.1. The quantitative estimate of drug-likeness (QED) is 0.594. The molecule has 0 heterocycles. The molecule has 0 aliphatic rings. The summed E-state index contributed by atoms with van der Waals surface area (Å²) in [4.78, 5) is 20.8. The van der Waals surface area contributed by atoms with Crippen molar-refractivity contribution in [3.05, 3.63) is 0 Å². The van der Waals surface area contributed by atoms with Gasteiger partial charge in [-0.3, -0.25) is 14.9 Å². The van der Waals surface area contributed by atoms with Gasteiger partial charge in [0.1, 0.15) is 5.78 Å². The Balaban J connectivity index is 3.70. The first kappa shape index (κ1) is 10.1. The Labute approximate surface area is 65.6 Å². The highest BCUT2D eigenvalue weighted by molar-refractivity contribution is 5.82. The molecule has 0 rings (SSSR count). The van der Waals surface area contributed by atoms with E-state index in [1.165, 1.54) is 6.92 Å². The molecule has 0 saturated carbocycles. The van der Waals surface area contributed by atoms with Gasteiger partial charge in [0, 0.05) is 0 Å². The van der Waals surface area contributed by atoms with Crippen molar-refractivity contribution in [1.82, 2.24) is 5.32 Å². The van der Waals surface area contributed by atoms with Crippen molar-refractivity contribution in [2.45, 2.75) is 26.3 Å². The fraction of sp³-hybridized carbons (Fsp3) is 0.714. The van der Waals surface area contributed by atoms with Crippen LogP contribution in [0.3, 0.4) is 0 Å². The minimum atomic E-state index is -0.940.